The molecule has 0 saturated heterocycles. The van der Waals surface area contributed by atoms with Crippen LogP contribution in [0.25, 0.3) is 11.1 Å². The minimum atomic E-state index is -0.350. The van der Waals surface area contributed by atoms with E-state index in [1.165, 1.54) is 11.1 Å². The molecule has 2 aliphatic carbocycles. The van der Waals surface area contributed by atoms with Crippen molar-refractivity contribution in [2.45, 2.75) is 33.1 Å². The SMILES string of the molecule is CCc1cc(C(N)=O)c2ccc(C(C)C)ccc1-2. The molecule has 0 aliphatic heterocycles. The van der Waals surface area contributed by atoms with Crippen molar-refractivity contribution in [1.29, 1.82) is 0 Å². The molecule has 0 bridgehead atoms. The van der Waals surface area contributed by atoms with Crippen molar-refractivity contribution in [3.8, 4) is 11.1 Å². The largest absolute Gasteiger partial charge is 0.366 e. The maximum absolute atomic E-state index is 11.5. The highest BCUT2D eigenvalue weighted by atomic mass is 16.1. The van der Waals surface area contributed by atoms with E-state index in [4.69, 9.17) is 5.73 Å². The highest BCUT2D eigenvalue weighted by molar-refractivity contribution is 6.02. The summed E-state index contributed by atoms with van der Waals surface area (Å²) in [5, 5.41) is 0. The summed E-state index contributed by atoms with van der Waals surface area (Å²) in [4.78, 5) is 11.5. The second kappa shape index (κ2) is 4.81. The number of nitrogens with two attached hydrogens (primary N) is 1. The van der Waals surface area contributed by atoms with Crippen LogP contribution in [0.15, 0.2) is 30.3 Å². The summed E-state index contributed by atoms with van der Waals surface area (Å²) < 4.78 is 0. The molecule has 2 rings (SSSR count). The topological polar surface area (TPSA) is 43.1 Å². The third kappa shape index (κ3) is 2.10. The van der Waals surface area contributed by atoms with Gasteiger partial charge in [-0.1, -0.05) is 45.0 Å². The first-order chi connectivity index (χ1) is 8.54. The minimum absolute atomic E-state index is 0.350. The van der Waals surface area contributed by atoms with Gasteiger partial charge in [0.2, 0.25) is 5.91 Å². The van der Waals surface area contributed by atoms with Gasteiger partial charge in [-0.05, 0) is 40.7 Å². The molecule has 0 heterocycles. The van der Waals surface area contributed by atoms with Crippen molar-refractivity contribution >= 4 is 5.91 Å². The van der Waals surface area contributed by atoms with E-state index in [0.717, 1.165) is 17.5 Å². The van der Waals surface area contributed by atoms with E-state index in [0.29, 0.717) is 11.5 Å². The lowest BCUT2D eigenvalue weighted by Gasteiger charge is -1.99. The van der Waals surface area contributed by atoms with Gasteiger partial charge < -0.3 is 5.73 Å². The Balaban J connectivity index is 2.68. The summed E-state index contributed by atoms with van der Waals surface area (Å²) >= 11 is 0. The Morgan fingerprint density at radius 2 is 1.78 bits per heavy atom. The van der Waals surface area contributed by atoms with Crippen molar-refractivity contribution in [2.75, 3.05) is 0 Å². The second-order valence-corrected chi connectivity index (χ2v) is 4.95. The standard InChI is InChI=1S/C16H19NO/c1-4-11-9-15(16(17)18)14-8-6-12(10(2)3)5-7-13(11)14/h5-10H,4H2,1-3H3,(H2,17,18). The fourth-order valence-corrected chi connectivity index (χ4v) is 2.32. The molecule has 0 aromatic rings. The van der Waals surface area contributed by atoms with E-state index < -0.39 is 0 Å². The van der Waals surface area contributed by atoms with E-state index in [1.807, 2.05) is 12.1 Å². The summed E-state index contributed by atoms with van der Waals surface area (Å²) in [6.45, 7) is 6.42. The zero-order chi connectivity index (χ0) is 13.3. The first-order valence-electron chi connectivity index (χ1n) is 6.40. The lowest BCUT2D eigenvalue weighted by Crippen LogP contribution is -2.10. The van der Waals surface area contributed by atoms with Crippen molar-refractivity contribution in [1.82, 2.24) is 0 Å². The minimum Gasteiger partial charge on any atom is -0.366 e. The molecule has 0 unspecified atom stereocenters. The number of hydrogen-bond acceptors (Lipinski definition) is 1. The molecule has 0 saturated carbocycles. The molecular weight excluding hydrogens is 222 g/mol. The number of fused-ring (bicyclic) bond motifs is 1. The van der Waals surface area contributed by atoms with E-state index in [-0.39, 0.29) is 5.91 Å². The first kappa shape index (κ1) is 12.6. The molecule has 18 heavy (non-hydrogen) atoms. The summed E-state index contributed by atoms with van der Waals surface area (Å²) in [6.07, 6.45) is 0.908. The zero-order valence-corrected chi connectivity index (χ0v) is 11.2. The number of aryl methyl sites for hydroxylation is 1. The Hall–Kier alpha value is -1.83. The van der Waals surface area contributed by atoms with Gasteiger partial charge in [-0.25, -0.2) is 0 Å². The Labute approximate surface area is 108 Å². The Bertz CT molecular complexity index is 557. The van der Waals surface area contributed by atoms with E-state index in [2.05, 4.69) is 39.0 Å². The van der Waals surface area contributed by atoms with Crippen LogP contribution in [0.3, 0.4) is 0 Å². The monoisotopic (exact) mass is 241 g/mol. The van der Waals surface area contributed by atoms with Gasteiger partial charge in [0, 0.05) is 5.56 Å². The van der Waals surface area contributed by atoms with E-state index in [9.17, 15) is 4.79 Å². The fourth-order valence-electron chi connectivity index (χ4n) is 2.32. The highest BCUT2D eigenvalue weighted by Gasteiger charge is 2.17. The van der Waals surface area contributed by atoms with Crippen LogP contribution in [-0.4, -0.2) is 5.91 Å². The second-order valence-electron chi connectivity index (χ2n) is 4.95. The lowest BCUT2D eigenvalue weighted by molar-refractivity contribution is 0.100. The van der Waals surface area contributed by atoms with E-state index >= 15 is 0 Å². The van der Waals surface area contributed by atoms with Crippen LogP contribution in [0, 0.1) is 0 Å². The highest BCUT2D eigenvalue weighted by Crippen LogP contribution is 2.33. The first-order valence-corrected chi connectivity index (χ1v) is 6.40. The van der Waals surface area contributed by atoms with Crippen molar-refractivity contribution in [3.63, 3.8) is 0 Å². The maximum Gasteiger partial charge on any atom is 0.249 e. The summed E-state index contributed by atoms with van der Waals surface area (Å²) in [5.74, 6) is 0.126. The van der Waals surface area contributed by atoms with Crippen molar-refractivity contribution in [2.24, 2.45) is 5.73 Å². The summed E-state index contributed by atoms with van der Waals surface area (Å²) in [5.41, 5.74) is 10.6. The summed E-state index contributed by atoms with van der Waals surface area (Å²) in [7, 11) is 0. The predicted molar refractivity (Wildman–Crippen MR) is 75.0 cm³/mol. The van der Waals surface area contributed by atoms with Gasteiger partial charge in [-0.2, -0.15) is 0 Å². The molecule has 0 spiro atoms. The van der Waals surface area contributed by atoms with Crippen LogP contribution in [0.4, 0.5) is 0 Å². The number of primary amides is 1. The molecule has 0 aromatic heterocycles. The van der Waals surface area contributed by atoms with Gasteiger partial charge in [-0.3, -0.25) is 4.79 Å². The quantitative estimate of drug-likeness (QED) is 0.877. The van der Waals surface area contributed by atoms with Crippen LogP contribution in [0.1, 0.15) is 48.2 Å². The molecule has 0 fully saturated rings. The summed E-state index contributed by atoms with van der Waals surface area (Å²) in [6, 6.07) is 10.3. The molecule has 2 N–H and O–H groups in total. The smallest absolute Gasteiger partial charge is 0.249 e. The molecule has 2 nitrogen and oxygen atoms in total. The van der Waals surface area contributed by atoms with E-state index in [1.54, 1.807) is 0 Å². The number of hydrogen-bond donors (Lipinski definition) is 1. The van der Waals surface area contributed by atoms with Crippen LogP contribution >= 0.6 is 0 Å². The number of rotatable bonds is 3. The molecule has 0 radical (unpaired) electrons. The average Bonchev–Trinajstić information content (AvgIpc) is 2.52. The van der Waals surface area contributed by atoms with Crippen LogP contribution in [-0.2, 0) is 6.42 Å². The van der Waals surface area contributed by atoms with Gasteiger partial charge in [0.1, 0.15) is 0 Å². The zero-order valence-electron chi connectivity index (χ0n) is 11.2. The third-order valence-electron chi connectivity index (χ3n) is 3.44. The third-order valence-corrected chi connectivity index (χ3v) is 3.44. The van der Waals surface area contributed by atoms with Gasteiger partial charge in [0.15, 0.2) is 0 Å². The van der Waals surface area contributed by atoms with Crippen LogP contribution in [0.5, 0.6) is 0 Å². The molecule has 2 aliphatic rings. The molecule has 0 aromatic carbocycles. The average molecular weight is 241 g/mol. The normalized spacial score (nSPS) is 11.1. The van der Waals surface area contributed by atoms with Gasteiger partial charge in [-0.15, -0.1) is 0 Å². The Morgan fingerprint density at radius 1 is 1.17 bits per heavy atom. The maximum atomic E-state index is 11.5. The van der Waals surface area contributed by atoms with Crippen molar-refractivity contribution in [3.05, 3.63) is 47.0 Å². The van der Waals surface area contributed by atoms with Gasteiger partial charge in [0.05, 0.1) is 0 Å². The van der Waals surface area contributed by atoms with Crippen molar-refractivity contribution < 1.29 is 4.79 Å². The van der Waals surface area contributed by atoms with Gasteiger partial charge >= 0.3 is 0 Å². The molecule has 2 heteroatoms. The van der Waals surface area contributed by atoms with Gasteiger partial charge in [0.25, 0.3) is 0 Å². The van der Waals surface area contributed by atoms with Crippen LogP contribution < -0.4 is 5.73 Å². The Kier molecular flexibility index (Phi) is 3.37. The molecule has 0 atom stereocenters. The predicted octanol–water partition coefficient (Wildman–Crippen LogP) is 3.58. The van der Waals surface area contributed by atoms with Crippen LogP contribution in [0.2, 0.25) is 0 Å². The molecule has 94 valence electrons. The lowest BCUT2D eigenvalue weighted by atomic mass is 10.1. The number of carbonyl (C=O) groups excluding carboxylic acids is 1. The Morgan fingerprint density at radius 3 is 2.28 bits per heavy atom. The fraction of sp³-hybridized carbons (Fsp3) is 0.312. The molecular formula is C16H19NO. The molecule has 1 amide bonds. The number of amides is 1. The number of carbonyl (C=O) groups is 1.